The predicted octanol–water partition coefficient (Wildman–Crippen LogP) is 1.71. The van der Waals surface area contributed by atoms with Crippen LogP contribution in [0.5, 0.6) is 0 Å². The highest BCUT2D eigenvalue weighted by Crippen LogP contribution is 2.34. The summed E-state index contributed by atoms with van der Waals surface area (Å²) in [5, 5.41) is 0. The van der Waals surface area contributed by atoms with Crippen LogP contribution in [0.2, 0.25) is 0 Å². The zero-order valence-electron chi connectivity index (χ0n) is 8.59. The van der Waals surface area contributed by atoms with Gasteiger partial charge in [0.1, 0.15) is 5.88 Å². The molecule has 2 rings (SSSR count). The number of halogens is 1. The number of benzene rings is 1. The Morgan fingerprint density at radius 3 is 3.00 bits per heavy atom. The second-order valence-electron chi connectivity index (χ2n) is 3.79. The normalized spacial score (nSPS) is 14.1. The number of nitrogen functional groups attached to an aromatic ring is 1. The average molecular weight is 225 g/mol. The summed E-state index contributed by atoms with van der Waals surface area (Å²) in [5.74, 6) is -0.0711. The summed E-state index contributed by atoms with van der Waals surface area (Å²) < 4.78 is 0. The van der Waals surface area contributed by atoms with Crippen LogP contribution in [-0.2, 0) is 11.2 Å². The number of nitrogens with zero attached hydrogens (tertiary/aromatic N) is 1. The third-order valence-corrected chi connectivity index (χ3v) is 2.88. The molecular weight excluding hydrogens is 212 g/mol. The maximum absolute atomic E-state index is 11.6. The van der Waals surface area contributed by atoms with Gasteiger partial charge in [0, 0.05) is 6.54 Å². The predicted molar refractivity (Wildman–Crippen MR) is 62.4 cm³/mol. The summed E-state index contributed by atoms with van der Waals surface area (Å²) in [6.45, 7) is 2.69. The lowest BCUT2D eigenvalue weighted by Crippen LogP contribution is -2.30. The minimum Gasteiger partial charge on any atom is -0.397 e. The van der Waals surface area contributed by atoms with Crippen molar-refractivity contribution in [3.05, 3.63) is 23.3 Å². The van der Waals surface area contributed by atoms with Crippen LogP contribution in [0.4, 0.5) is 11.4 Å². The standard InChI is InChI=1S/C11H13ClN2O/c1-7-4-8-2-3-14(10(15)6-12)11(8)9(13)5-7/h4-5H,2-3,6,13H2,1H3. The molecule has 80 valence electrons. The monoisotopic (exact) mass is 224 g/mol. The number of nitrogens with two attached hydrogens (primary N) is 1. The van der Waals surface area contributed by atoms with Crippen molar-refractivity contribution in [3.63, 3.8) is 0 Å². The van der Waals surface area contributed by atoms with Crippen LogP contribution in [-0.4, -0.2) is 18.3 Å². The first-order chi connectivity index (χ1) is 7.13. The quantitative estimate of drug-likeness (QED) is 0.583. The van der Waals surface area contributed by atoms with Gasteiger partial charge in [-0.15, -0.1) is 11.6 Å². The van der Waals surface area contributed by atoms with Crippen LogP contribution < -0.4 is 10.6 Å². The molecule has 0 aromatic heterocycles. The van der Waals surface area contributed by atoms with Crippen molar-refractivity contribution in [1.82, 2.24) is 0 Å². The largest absolute Gasteiger partial charge is 0.397 e. The number of hydrogen-bond donors (Lipinski definition) is 1. The van der Waals surface area contributed by atoms with Crippen molar-refractivity contribution in [1.29, 1.82) is 0 Å². The third-order valence-electron chi connectivity index (χ3n) is 2.65. The van der Waals surface area contributed by atoms with Gasteiger partial charge in [-0.25, -0.2) is 0 Å². The second-order valence-corrected chi connectivity index (χ2v) is 4.06. The first-order valence-electron chi connectivity index (χ1n) is 4.89. The van der Waals surface area contributed by atoms with E-state index in [0.717, 1.165) is 23.2 Å². The maximum atomic E-state index is 11.6. The van der Waals surface area contributed by atoms with Gasteiger partial charge in [-0.2, -0.15) is 0 Å². The lowest BCUT2D eigenvalue weighted by molar-refractivity contribution is -0.116. The Morgan fingerprint density at radius 1 is 1.60 bits per heavy atom. The molecule has 1 aliphatic heterocycles. The molecular formula is C11H13ClN2O. The van der Waals surface area contributed by atoms with Gasteiger partial charge in [0.25, 0.3) is 0 Å². The molecule has 15 heavy (non-hydrogen) atoms. The number of anilines is 2. The Morgan fingerprint density at radius 2 is 2.33 bits per heavy atom. The highest BCUT2D eigenvalue weighted by Gasteiger charge is 2.26. The van der Waals surface area contributed by atoms with Gasteiger partial charge in [-0.3, -0.25) is 4.79 Å². The number of amides is 1. The Hall–Kier alpha value is -1.22. The van der Waals surface area contributed by atoms with Crippen LogP contribution in [0, 0.1) is 6.92 Å². The SMILES string of the molecule is Cc1cc(N)c2c(c1)CCN2C(=O)CCl. The molecule has 0 atom stereocenters. The molecule has 1 amide bonds. The topological polar surface area (TPSA) is 46.3 Å². The van der Waals surface area contributed by atoms with E-state index in [1.165, 1.54) is 0 Å². The fraction of sp³-hybridized carbons (Fsp3) is 0.364. The number of rotatable bonds is 1. The molecule has 1 aromatic rings. The van der Waals surface area contributed by atoms with Crippen LogP contribution in [0.15, 0.2) is 12.1 Å². The third kappa shape index (κ3) is 1.67. The molecule has 1 aliphatic rings. The molecule has 1 heterocycles. The fourth-order valence-electron chi connectivity index (χ4n) is 2.07. The Labute approximate surface area is 93.8 Å². The van der Waals surface area contributed by atoms with E-state index in [0.29, 0.717) is 12.2 Å². The van der Waals surface area contributed by atoms with E-state index >= 15 is 0 Å². The van der Waals surface area contributed by atoms with E-state index in [1.807, 2.05) is 13.0 Å². The molecule has 0 fully saturated rings. The average Bonchev–Trinajstić information content (AvgIpc) is 2.60. The Bertz CT molecular complexity index is 417. The number of alkyl halides is 1. The summed E-state index contributed by atoms with van der Waals surface area (Å²) in [5.41, 5.74) is 9.71. The van der Waals surface area contributed by atoms with Gasteiger partial charge in [-0.1, -0.05) is 6.07 Å². The molecule has 0 bridgehead atoms. The number of carbonyl (C=O) groups is 1. The molecule has 0 aliphatic carbocycles. The van der Waals surface area contributed by atoms with Crippen LogP contribution in [0.25, 0.3) is 0 Å². The number of carbonyl (C=O) groups excluding carboxylic acids is 1. The lowest BCUT2D eigenvalue weighted by atomic mass is 10.1. The van der Waals surface area contributed by atoms with Crippen molar-refractivity contribution in [2.45, 2.75) is 13.3 Å². The van der Waals surface area contributed by atoms with Gasteiger partial charge in [0.2, 0.25) is 5.91 Å². The second kappa shape index (κ2) is 3.74. The number of aryl methyl sites for hydroxylation is 1. The summed E-state index contributed by atoms with van der Waals surface area (Å²) in [6.07, 6.45) is 0.865. The van der Waals surface area contributed by atoms with Crippen LogP contribution in [0.3, 0.4) is 0 Å². The van der Waals surface area contributed by atoms with Gasteiger partial charge in [-0.05, 0) is 30.5 Å². The van der Waals surface area contributed by atoms with Crippen molar-refractivity contribution in [2.24, 2.45) is 0 Å². The van der Waals surface area contributed by atoms with E-state index in [4.69, 9.17) is 17.3 Å². The summed E-state index contributed by atoms with van der Waals surface area (Å²) >= 11 is 5.55. The first kappa shape index (κ1) is 10.3. The summed E-state index contributed by atoms with van der Waals surface area (Å²) in [4.78, 5) is 13.2. The van der Waals surface area contributed by atoms with Crippen LogP contribution >= 0.6 is 11.6 Å². The van der Waals surface area contributed by atoms with Crippen molar-refractivity contribution < 1.29 is 4.79 Å². The van der Waals surface area contributed by atoms with Gasteiger partial charge in [0.05, 0.1) is 11.4 Å². The molecule has 4 heteroatoms. The van der Waals surface area contributed by atoms with Crippen molar-refractivity contribution in [2.75, 3.05) is 23.1 Å². The van der Waals surface area contributed by atoms with E-state index in [9.17, 15) is 4.79 Å². The minimum atomic E-state index is -0.0778. The van der Waals surface area contributed by atoms with E-state index in [2.05, 4.69) is 6.07 Å². The van der Waals surface area contributed by atoms with E-state index in [1.54, 1.807) is 4.90 Å². The van der Waals surface area contributed by atoms with E-state index < -0.39 is 0 Å². The molecule has 0 spiro atoms. The smallest absolute Gasteiger partial charge is 0.241 e. The number of hydrogen-bond acceptors (Lipinski definition) is 2. The van der Waals surface area contributed by atoms with Crippen molar-refractivity contribution >= 4 is 28.9 Å². The molecule has 0 saturated heterocycles. The van der Waals surface area contributed by atoms with E-state index in [-0.39, 0.29) is 11.8 Å². The summed E-state index contributed by atoms with van der Waals surface area (Å²) in [6, 6.07) is 3.96. The molecule has 2 N–H and O–H groups in total. The fourth-order valence-corrected chi connectivity index (χ4v) is 2.21. The van der Waals surface area contributed by atoms with Gasteiger partial charge in [0.15, 0.2) is 0 Å². The highest BCUT2D eigenvalue weighted by atomic mass is 35.5. The highest BCUT2D eigenvalue weighted by molar-refractivity contribution is 6.29. The molecule has 0 saturated carbocycles. The zero-order chi connectivity index (χ0) is 11.0. The Kier molecular flexibility index (Phi) is 2.57. The van der Waals surface area contributed by atoms with Crippen molar-refractivity contribution in [3.8, 4) is 0 Å². The molecule has 3 nitrogen and oxygen atoms in total. The summed E-state index contributed by atoms with van der Waals surface area (Å²) in [7, 11) is 0. The minimum absolute atomic E-state index is 0.00670. The zero-order valence-corrected chi connectivity index (χ0v) is 9.34. The lowest BCUT2D eigenvalue weighted by Gasteiger charge is -2.17. The maximum Gasteiger partial charge on any atom is 0.241 e. The molecule has 0 radical (unpaired) electrons. The molecule has 0 unspecified atom stereocenters. The van der Waals surface area contributed by atoms with Gasteiger partial charge < -0.3 is 10.6 Å². The number of fused-ring (bicyclic) bond motifs is 1. The van der Waals surface area contributed by atoms with Gasteiger partial charge >= 0.3 is 0 Å². The molecule has 1 aromatic carbocycles. The Balaban J connectivity index is 2.46. The van der Waals surface area contributed by atoms with Crippen LogP contribution in [0.1, 0.15) is 11.1 Å². The first-order valence-corrected chi connectivity index (χ1v) is 5.42.